The van der Waals surface area contributed by atoms with Crippen molar-refractivity contribution in [1.29, 1.82) is 0 Å². The summed E-state index contributed by atoms with van der Waals surface area (Å²) in [5.74, 6) is 0. The van der Waals surface area contributed by atoms with Crippen molar-refractivity contribution in [2.75, 3.05) is 0 Å². The maximum Gasteiger partial charge on any atom is 0.0524 e. The van der Waals surface area contributed by atoms with Crippen molar-refractivity contribution in [3.63, 3.8) is 0 Å². The van der Waals surface area contributed by atoms with Crippen LogP contribution in [0.4, 0.5) is 0 Å². The minimum absolute atomic E-state index is 0.172. The summed E-state index contributed by atoms with van der Waals surface area (Å²) in [7, 11) is 2.03. The summed E-state index contributed by atoms with van der Waals surface area (Å²) in [5.41, 5.74) is 3.24. The first-order valence-electron chi connectivity index (χ1n) is 5.62. The number of nitrogens with zero attached hydrogens (tertiary/aromatic N) is 2. The summed E-state index contributed by atoms with van der Waals surface area (Å²) in [4.78, 5) is 0. The van der Waals surface area contributed by atoms with Crippen LogP contribution in [0.25, 0.3) is 0 Å². The van der Waals surface area contributed by atoms with E-state index in [1.54, 1.807) is 0 Å². The van der Waals surface area contributed by atoms with Crippen molar-refractivity contribution in [2.24, 2.45) is 12.5 Å². The third-order valence-corrected chi connectivity index (χ3v) is 2.45. The zero-order valence-electron chi connectivity index (χ0n) is 11.2. The number of hydrogen-bond donors (Lipinski definition) is 0. The van der Waals surface area contributed by atoms with E-state index < -0.39 is 0 Å². The highest BCUT2D eigenvalue weighted by Crippen LogP contribution is 2.29. The summed E-state index contributed by atoms with van der Waals surface area (Å²) >= 11 is 0. The van der Waals surface area contributed by atoms with E-state index in [4.69, 9.17) is 0 Å². The first-order chi connectivity index (χ1) is 6.61. The molecule has 0 unspecified atom stereocenters. The van der Waals surface area contributed by atoms with Gasteiger partial charge in [-0.2, -0.15) is 5.10 Å². The van der Waals surface area contributed by atoms with Crippen molar-refractivity contribution >= 4 is 0 Å². The maximum atomic E-state index is 4.38. The number of rotatable bonds is 1. The molecule has 0 aliphatic rings. The molecule has 15 heavy (non-hydrogen) atoms. The van der Waals surface area contributed by atoms with Crippen molar-refractivity contribution in [1.82, 2.24) is 9.78 Å². The number of aryl methyl sites for hydroxylation is 1. The Morgan fingerprint density at radius 2 is 1.67 bits per heavy atom. The highest BCUT2D eigenvalue weighted by Gasteiger charge is 2.24. The minimum Gasteiger partial charge on any atom is -0.272 e. The zero-order chi connectivity index (χ0) is 11.9. The Bertz CT molecular complexity index is 334. The lowest BCUT2D eigenvalue weighted by atomic mass is 9.82. The van der Waals surface area contributed by atoms with Gasteiger partial charge in [0.25, 0.3) is 0 Å². The van der Waals surface area contributed by atoms with Crippen LogP contribution < -0.4 is 0 Å². The van der Waals surface area contributed by atoms with Crippen LogP contribution in [-0.4, -0.2) is 9.78 Å². The molecule has 0 fully saturated rings. The van der Waals surface area contributed by atoms with Crippen molar-refractivity contribution in [3.8, 4) is 0 Å². The average Bonchev–Trinajstić information content (AvgIpc) is 2.25. The molecule has 0 aromatic carbocycles. The molecule has 1 heterocycles. The van der Waals surface area contributed by atoms with Crippen LogP contribution in [0, 0.1) is 5.41 Å². The highest BCUT2D eigenvalue weighted by atomic mass is 15.3. The van der Waals surface area contributed by atoms with E-state index in [2.05, 4.69) is 46.6 Å². The Hall–Kier alpha value is -0.790. The Kier molecular flexibility index (Phi) is 2.99. The van der Waals surface area contributed by atoms with Crippen LogP contribution in [0.1, 0.15) is 52.8 Å². The van der Waals surface area contributed by atoms with E-state index in [-0.39, 0.29) is 5.41 Å². The molecule has 0 saturated heterocycles. The van der Waals surface area contributed by atoms with Gasteiger partial charge in [0.1, 0.15) is 0 Å². The third kappa shape index (κ3) is 3.08. The quantitative estimate of drug-likeness (QED) is 0.692. The van der Waals surface area contributed by atoms with Gasteiger partial charge in [0.15, 0.2) is 0 Å². The molecule has 0 atom stereocenters. The predicted octanol–water partition coefficient (Wildman–Crippen LogP) is 3.31. The monoisotopic (exact) mass is 208 g/mol. The van der Waals surface area contributed by atoms with Crippen LogP contribution >= 0.6 is 0 Å². The molecule has 1 rings (SSSR count). The lowest BCUT2D eigenvalue weighted by molar-refractivity contribution is 0.404. The molecule has 2 nitrogen and oxygen atoms in total. The first kappa shape index (κ1) is 12.3. The maximum absolute atomic E-state index is 4.38. The Morgan fingerprint density at radius 1 is 1.13 bits per heavy atom. The van der Waals surface area contributed by atoms with Gasteiger partial charge < -0.3 is 0 Å². The fourth-order valence-corrected chi connectivity index (χ4v) is 2.15. The van der Waals surface area contributed by atoms with Gasteiger partial charge in [0, 0.05) is 18.2 Å². The molecule has 0 aliphatic heterocycles. The molecule has 0 radical (unpaired) electrons. The molecule has 0 N–H and O–H groups in total. The zero-order valence-corrected chi connectivity index (χ0v) is 11.2. The van der Waals surface area contributed by atoms with E-state index >= 15 is 0 Å². The molecule has 0 bridgehead atoms. The van der Waals surface area contributed by atoms with Crippen LogP contribution in [-0.2, 0) is 18.9 Å². The second-order valence-corrected chi connectivity index (χ2v) is 6.63. The fourth-order valence-electron chi connectivity index (χ4n) is 2.15. The van der Waals surface area contributed by atoms with Gasteiger partial charge in [-0.3, -0.25) is 4.68 Å². The summed E-state index contributed by atoms with van der Waals surface area (Å²) in [6.07, 6.45) is 3.11. The Labute approximate surface area is 93.7 Å². The molecule has 1 aromatic rings. The summed E-state index contributed by atoms with van der Waals surface area (Å²) < 4.78 is 2.01. The Morgan fingerprint density at radius 3 is 2.07 bits per heavy atom. The van der Waals surface area contributed by atoms with Gasteiger partial charge in [0.05, 0.1) is 6.20 Å². The normalized spacial score (nSPS) is 13.3. The second-order valence-electron chi connectivity index (χ2n) is 6.63. The SMILES string of the molecule is Cn1ncc(CC(C)(C)C)c1C(C)(C)C. The molecule has 1 aromatic heterocycles. The largest absolute Gasteiger partial charge is 0.272 e. The van der Waals surface area contributed by atoms with Gasteiger partial charge in [-0.05, 0) is 17.4 Å². The fraction of sp³-hybridized carbons (Fsp3) is 0.769. The van der Waals surface area contributed by atoms with Crippen molar-refractivity contribution < 1.29 is 0 Å². The molecule has 86 valence electrons. The predicted molar refractivity (Wildman–Crippen MR) is 65.1 cm³/mol. The van der Waals surface area contributed by atoms with Crippen LogP contribution in [0.3, 0.4) is 0 Å². The van der Waals surface area contributed by atoms with Crippen LogP contribution in [0.15, 0.2) is 6.20 Å². The standard InChI is InChI=1S/C13H24N2/c1-12(2,3)8-10-9-14-15(7)11(10)13(4,5)6/h9H,8H2,1-7H3. The van der Waals surface area contributed by atoms with Crippen molar-refractivity contribution in [2.45, 2.75) is 53.4 Å². The van der Waals surface area contributed by atoms with E-state index in [0.29, 0.717) is 5.41 Å². The smallest absolute Gasteiger partial charge is 0.0524 e. The molecule has 2 heteroatoms. The van der Waals surface area contributed by atoms with Gasteiger partial charge in [0.2, 0.25) is 0 Å². The lowest BCUT2D eigenvalue weighted by Gasteiger charge is -2.24. The van der Waals surface area contributed by atoms with E-state index in [1.165, 1.54) is 11.3 Å². The second kappa shape index (κ2) is 3.66. The Balaban J connectivity index is 3.10. The summed E-state index contributed by atoms with van der Waals surface area (Å²) in [6, 6.07) is 0. The molecule has 0 saturated carbocycles. The average molecular weight is 208 g/mol. The topological polar surface area (TPSA) is 17.8 Å². The van der Waals surface area contributed by atoms with Crippen LogP contribution in [0.2, 0.25) is 0 Å². The lowest BCUT2D eigenvalue weighted by Crippen LogP contribution is -2.20. The first-order valence-corrected chi connectivity index (χ1v) is 5.62. The van der Waals surface area contributed by atoms with Gasteiger partial charge in [-0.25, -0.2) is 0 Å². The number of aromatic nitrogens is 2. The molecule has 0 spiro atoms. The van der Waals surface area contributed by atoms with Gasteiger partial charge in [-0.1, -0.05) is 41.5 Å². The molecule has 0 amide bonds. The van der Waals surface area contributed by atoms with Gasteiger partial charge >= 0.3 is 0 Å². The number of hydrogen-bond acceptors (Lipinski definition) is 1. The molecular formula is C13H24N2. The summed E-state index contributed by atoms with van der Waals surface area (Å²) in [6.45, 7) is 13.5. The minimum atomic E-state index is 0.172. The molecule has 0 aliphatic carbocycles. The third-order valence-electron chi connectivity index (χ3n) is 2.45. The van der Waals surface area contributed by atoms with E-state index in [1.807, 2.05) is 17.9 Å². The van der Waals surface area contributed by atoms with Crippen molar-refractivity contribution in [3.05, 3.63) is 17.5 Å². The van der Waals surface area contributed by atoms with Crippen LogP contribution in [0.5, 0.6) is 0 Å². The van der Waals surface area contributed by atoms with Gasteiger partial charge in [-0.15, -0.1) is 0 Å². The van der Waals surface area contributed by atoms with E-state index in [9.17, 15) is 0 Å². The molecular weight excluding hydrogens is 184 g/mol. The van der Waals surface area contributed by atoms with E-state index in [0.717, 1.165) is 6.42 Å². The summed E-state index contributed by atoms with van der Waals surface area (Å²) in [5, 5.41) is 4.38. The highest BCUT2D eigenvalue weighted by molar-refractivity contribution is 5.25.